The van der Waals surface area contributed by atoms with Crippen LogP contribution in [0.3, 0.4) is 0 Å². The van der Waals surface area contributed by atoms with E-state index < -0.39 is 114 Å². The van der Waals surface area contributed by atoms with E-state index in [1.807, 2.05) is 0 Å². The quantitative estimate of drug-likeness (QED) is 0.0411. The molecule has 63 heavy (non-hydrogen) atoms. The van der Waals surface area contributed by atoms with E-state index in [0.29, 0.717) is 0 Å². The Morgan fingerprint density at radius 2 is 0.857 bits per heavy atom. The molecule has 5 rings (SSSR count). The lowest BCUT2D eigenvalue weighted by Crippen LogP contribution is -2.46. The second-order valence-corrected chi connectivity index (χ2v) is 13.0. The molecule has 0 aliphatic carbocycles. The number of aromatic nitrogens is 2. The standard InChI is InChI=1S/C43H36N6O14/c44-34-32(36(52)46-28(42(58)62-40(56)26-17-9-3-10-18-26)21-22-30(50)60-38(54)24-13-5-1-6-14-24)48-35(45)33(49-34)37(53)47-29(43(59)63-41(57)27-19-11-4-12-20-27)23-31(51)61-39(55)25-15-7-2-8-16-25/h1-20,28-29,31,51H,21-23H2,(H2,44,49)(H2,45,48)(H,46,52)(H,47,53)/t28-,29-,31?/m1/s1. The first-order chi connectivity index (χ1) is 30.2. The number of aliphatic hydroxyl groups is 1. The summed E-state index contributed by atoms with van der Waals surface area (Å²) >= 11 is 0. The second-order valence-electron chi connectivity index (χ2n) is 13.0. The fraction of sp³-hybridized carbons (Fsp3) is 0.140. The summed E-state index contributed by atoms with van der Waals surface area (Å²) in [4.78, 5) is 124. The molecule has 1 unspecified atom stereocenters. The van der Waals surface area contributed by atoms with Gasteiger partial charge in [-0.05, 0) is 55.0 Å². The van der Waals surface area contributed by atoms with E-state index in [1.165, 1.54) is 97.1 Å². The van der Waals surface area contributed by atoms with Gasteiger partial charge >= 0.3 is 41.8 Å². The van der Waals surface area contributed by atoms with Gasteiger partial charge in [-0.2, -0.15) is 0 Å². The monoisotopic (exact) mass is 860 g/mol. The third-order valence-corrected chi connectivity index (χ3v) is 8.51. The second kappa shape index (κ2) is 21.6. The number of nitrogens with two attached hydrogens (primary N) is 2. The molecule has 4 aromatic carbocycles. The lowest BCUT2D eigenvalue weighted by atomic mass is 10.1. The molecule has 0 aliphatic heterocycles. The number of benzene rings is 4. The molecule has 322 valence electrons. The summed E-state index contributed by atoms with van der Waals surface area (Å²) in [6.45, 7) is 0. The van der Waals surface area contributed by atoms with Crippen LogP contribution in [0.5, 0.6) is 0 Å². The van der Waals surface area contributed by atoms with Crippen molar-refractivity contribution in [2.24, 2.45) is 0 Å². The van der Waals surface area contributed by atoms with Gasteiger partial charge < -0.3 is 46.2 Å². The zero-order chi connectivity index (χ0) is 45.5. The molecule has 0 saturated carbocycles. The SMILES string of the molecule is Nc1nc(C(=O)N[C@H](CC(O)OC(=O)c2ccccc2)C(=O)OC(=O)c2ccccc2)c(N)nc1C(=O)N[C@H](CCC(=O)OC(=O)c1ccccc1)C(=O)OC(=O)c1ccccc1. The number of anilines is 2. The molecule has 1 aromatic heterocycles. The van der Waals surface area contributed by atoms with Crippen LogP contribution in [0.1, 0.15) is 81.7 Å². The maximum absolute atomic E-state index is 13.5. The van der Waals surface area contributed by atoms with Gasteiger partial charge in [0.2, 0.25) is 6.29 Å². The summed E-state index contributed by atoms with van der Waals surface area (Å²) in [7, 11) is 0. The minimum Gasteiger partial charge on any atom is -0.432 e. The number of esters is 7. The topological polar surface area (TPSA) is 313 Å². The number of carbonyl (C=O) groups excluding carboxylic acids is 9. The average Bonchev–Trinajstić information content (AvgIpc) is 3.28. The molecular formula is C43H36N6O14. The Labute approximate surface area is 356 Å². The molecule has 0 radical (unpaired) electrons. The number of amides is 2. The molecule has 20 nitrogen and oxygen atoms in total. The number of hydrogen-bond acceptors (Lipinski definition) is 18. The van der Waals surface area contributed by atoms with Crippen LogP contribution < -0.4 is 22.1 Å². The Balaban J connectivity index is 1.32. The van der Waals surface area contributed by atoms with Crippen molar-refractivity contribution < 1.29 is 67.2 Å². The Morgan fingerprint density at radius 1 is 0.508 bits per heavy atom. The molecule has 1 heterocycles. The highest BCUT2D eigenvalue weighted by Gasteiger charge is 2.33. The van der Waals surface area contributed by atoms with Crippen molar-refractivity contribution in [1.82, 2.24) is 20.6 Å². The minimum atomic E-state index is -2.05. The molecule has 3 atom stereocenters. The number of nitrogens with one attached hydrogen (secondary N) is 2. The van der Waals surface area contributed by atoms with Crippen molar-refractivity contribution in [1.29, 1.82) is 0 Å². The van der Waals surface area contributed by atoms with Crippen molar-refractivity contribution in [3.8, 4) is 0 Å². The van der Waals surface area contributed by atoms with E-state index in [1.54, 1.807) is 24.3 Å². The highest BCUT2D eigenvalue weighted by molar-refractivity contribution is 6.05. The van der Waals surface area contributed by atoms with Crippen LogP contribution in [-0.4, -0.2) is 87.0 Å². The van der Waals surface area contributed by atoms with Crippen molar-refractivity contribution in [2.45, 2.75) is 37.6 Å². The maximum atomic E-state index is 13.5. The fourth-order valence-electron chi connectivity index (χ4n) is 5.37. The molecule has 2 amide bonds. The number of aliphatic hydroxyl groups excluding tert-OH is 1. The zero-order valence-corrected chi connectivity index (χ0v) is 32.7. The molecule has 5 aromatic rings. The summed E-state index contributed by atoms with van der Waals surface area (Å²) in [5.41, 5.74) is 10.5. The first-order valence-electron chi connectivity index (χ1n) is 18.6. The molecule has 0 saturated heterocycles. The Hall–Kier alpha value is -8.65. The van der Waals surface area contributed by atoms with Gasteiger partial charge in [-0.1, -0.05) is 72.8 Å². The lowest BCUT2D eigenvalue weighted by molar-refractivity contribution is -0.144. The normalized spacial score (nSPS) is 12.0. The van der Waals surface area contributed by atoms with Gasteiger partial charge in [0, 0.05) is 12.8 Å². The number of rotatable bonds is 16. The first-order valence-corrected chi connectivity index (χ1v) is 18.6. The largest absolute Gasteiger partial charge is 0.432 e. The van der Waals surface area contributed by atoms with Crippen molar-refractivity contribution in [3.63, 3.8) is 0 Å². The van der Waals surface area contributed by atoms with Gasteiger partial charge in [0.25, 0.3) is 11.8 Å². The Bertz CT molecular complexity index is 2510. The highest BCUT2D eigenvalue weighted by Crippen LogP contribution is 2.17. The maximum Gasteiger partial charge on any atom is 0.345 e. The van der Waals surface area contributed by atoms with Crippen molar-refractivity contribution in [2.75, 3.05) is 11.5 Å². The summed E-state index contributed by atoms with van der Waals surface area (Å²) in [5, 5.41) is 15.0. The molecule has 7 N–H and O–H groups in total. The third-order valence-electron chi connectivity index (χ3n) is 8.51. The van der Waals surface area contributed by atoms with Crippen LogP contribution in [0.15, 0.2) is 121 Å². The number of nitrogen functional groups attached to an aromatic ring is 2. The Kier molecular flexibility index (Phi) is 15.5. The van der Waals surface area contributed by atoms with Crippen molar-refractivity contribution in [3.05, 3.63) is 155 Å². The van der Waals surface area contributed by atoms with E-state index in [2.05, 4.69) is 20.6 Å². The predicted molar refractivity (Wildman–Crippen MR) is 216 cm³/mol. The van der Waals surface area contributed by atoms with Gasteiger partial charge in [0.15, 0.2) is 23.0 Å². The highest BCUT2D eigenvalue weighted by atomic mass is 16.6. The molecule has 0 fully saturated rings. The van der Waals surface area contributed by atoms with Crippen LogP contribution in [-0.2, 0) is 33.3 Å². The van der Waals surface area contributed by atoms with Gasteiger partial charge in [-0.25, -0.2) is 38.7 Å². The van der Waals surface area contributed by atoms with Crippen LogP contribution in [0.2, 0.25) is 0 Å². The van der Waals surface area contributed by atoms with Crippen LogP contribution in [0.4, 0.5) is 11.6 Å². The van der Waals surface area contributed by atoms with E-state index in [-0.39, 0.29) is 22.3 Å². The summed E-state index contributed by atoms with van der Waals surface area (Å²) < 4.78 is 19.7. The zero-order valence-electron chi connectivity index (χ0n) is 32.7. The fourth-order valence-corrected chi connectivity index (χ4v) is 5.37. The molecule has 20 heteroatoms. The number of nitrogens with zero attached hydrogens (tertiary/aromatic N) is 2. The van der Waals surface area contributed by atoms with Gasteiger partial charge in [0.1, 0.15) is 12.1 Å². The van der Waals surface area contributed by atoms with Gasteiger partial charge in [0.05, 0.1) is 22.3 Å². The van der Waals surface area contributed by atoms with Crippen LogP contribution in [0.25, 0.3) is 0 Å². The van der Waals surface area contributed by atoms with Gasteiger partial charge in [-0.15, -0.1) is 0 Å². The summed E-state index contributed by atoms with van der Waals surface area (Å²) in [5.74, 6) is -12.1. The number of carbonyl (C=O) groups is 9. The van der Waals surface area contributed by atoms with E-state index in [0.717, 1.165) is 0 Å². The molecule has 0 bridgehead atoms. The van der Waals surface area contributed by atoms with Crippen molar-refractivity contribution >= 4 is 65.2 Å². The third kappa shape index (κ3) is 12.9. The number of ether oxygens (including phenoxy) is 4. The smallest absolute Gasteiger partial charge is 0.345 e. The Morgan fingerprint density at radius 3 is 1.27 bits per heavy atom. The van der Waals surface area contributed by atoms with Gasteiger partial charge in [-0.3, -0.25) is 14.4 Å². The predicted octanol–water partition coefficient (Wildman–Crippen LogP) is 2.33. The summed E-state index contributed by atoms with van der Waals surface area (Å²) in [6.07, 6.45) is -4.13. The van der Waals surface area contributed by atoms with Crippen LogP contribution in [0, 0.1) is 0 Å². The van der Waals surface area contributed by atoms with E-state index in [9.17, 15) is 48.3 Å². The molecule has 0 aliphatic rings. The average molecular weight is 861 g/mol. The lowest BCUT2D eigenvalue weighted by Gasteiger charge is -2.20. The first kappa shape index (κ1) is 45.4. The number of hydrogen-bond donors (Lipinski definition) is 5. The molecule has 0 spiro atoms. The molecular weight excluding hydrogens is 825 g/mol. The summed E-state index contributed by atoms with van der Waals surface area (Å²) in [6, 6.07) is 25.9. The van der Waals surface area contributed by atoms with E-state index >= 15 is 0 Å². The van der Waals surface area contributed by atoms with E-state index in [4.69, 9.17) is 30.4 Å². The minimum absolute atomic E-state index is 0.0263. The van der Waals surface area contributed by atoms with Crippen LogP contribution >= 0.6 is 0 Å².